The van der Waals surface area contributed by atoms with Crippen molar-refractivity contribution in [3.63, 3.8) is 0 Å². The predicted octanol–water partition coefficient (Wildman–Crippen LogP) is 0.639. The van der Waals surface area contributed by atoms with E-state index in [2.05, 4.69) is 4.98 Å². The lowest BCUT2D eigenvalue weighted by molar-refractivity contribution is 0.0521. The van der Waals surface area contributed by atoms with E-state index >= 15 is 0 Å². The van der Waals surface area contributed by atoms with Crippen LogP contribution < -0.4 is 5.73 Å². The molecule has 8 heteroatoms. The fourth-order valence-corrected chi connectivity index (χ4v) is 2.52. The minimum absolute atomic E-state index is 0.0719. The fourth-order valence-electron chi connectivity index (χ4n) is 1.87. The van der Waals surface area contributed by atoms with Crippen molar-refractivity contribution in [2.24, 2.45) is 0 Å². The highest BCUT2D eigenvalue weighted by molar-refractivity contribution is 7.90. The third-order valence-electron chi connectivity index (χ3n) is 2.77. The molecule has 0 fully saturated rings. The van der Waals surface area contributed by atoms with Crippen molar-refractivity contribution in [1.29, 1.82) is 0 Å². The SMILES string of the molecule is CCOC(=O)c1nc(CC)n(CCCS(C)(=O)=O)c1N. The number of nitrogens with two attached hydrogens (primary N) is 1. The third-order valence-corrected chi connectivity index (χ3v) is 3.80. The molecular weight excluding hydrogens is 282 g/mol. The van der Waals surface area contributed by atoms with Crippen molar-refractivity contribution in [3.8, 4) is 0 Å². The number of aromatic nitrogens is 2. The maximum Gasteiger partial charge on any atom is 0.360 e. The van der Waals surface area contributed by atoms with Gasteiger partial charge in [0.1, 0.15) is 21.5 Å². The van der Waals surface area contributed by atoms with E-state index in [1.807, 2.05) is 6.92 Å². The molecule has 1 aromatic rings. The summed E-state index contributed by atoms with van der Waals surface area (Å²) in [6.45, 7) is 4.26. The van der Waals surface area contributed by atoms with Crippen LogP contribution in [-0.2, 0) is 27.5 Å². The summed E-state index contributed by atoms with van der Waals surface area (Å²) >= 11 is 0. The van der Waals surface area contributed by atoms with E-state index in [1.54, 1.807) is 11.5 Å². The summed E-state index contributed by atoms with van der Waals surface area (Å²) in [5.41, 5.74) is 6.01. The summed E-state index contributed by atoms with van der Waals surface area (Å²) in [6.07, 6.45) is 2.21. The molecule has 0 amide bonds. The minimum Gasteiger partial charge on any atom is -0.461 e. The number of nitrogen functional groups attached to an aromatic ring is 1. The predicted molar refractivity (Wildman–Crippen MR) is 76.3 cm³/mol. The Morgan fingerprint density at radius 3 is 2.55 bits per heavy atom. The molecule has 0 saturated carbocycles. The molecule has 1 heterocycles. The van der Waals surface area contributed by atoms with Crippen LogP contribution in [0.2, 0.25) is 0 Å². The second-order valence-electron chi connectivity index (χ2n) is 4.47. The first-order chi connectivity index (χ1) is 9.30. The van der Waals surface area contributed by atoms with Gasteiger partial charge in [0.05, 0.1) is 12.4 Å². The quantitative estimate of drug-likeness (QED) is 0.741. The van der Waals surface area contributed by atoms with Gasteiger partial charge < -0.3 is 15.0 Å². The van der Waals surface area contributed by atoms with Crippen molar-refractivity contribution in [3.05, 3.63) is 11.5 Å². The molecule has 1 rings (SSSR count). The van der Waals surface area contributed by atoms with Crippen LogP contribution in [0.15, 0.2) is 0 Å². The fraction of sp³-hybridized carbons (Fsp3) is 0.667. The topological polar surface area (TPSA) is 104 Å². The second-order valence-corrected chi connectivity index (χ2v) is 6.73. The number of imidazole rings is 1. The molecule has 0 spiro atoms. The molecule has 0 aromatic carbocycles. The van der Waals surface area contributed by atoms with Crippen LogP contribution in [0.25, 0.3) is 0 Å². The zero-order chi connectivity index (χ0) is 15.3. The Morgan fingerprint density at radius 1 is 1.40 bits per heavy atom. The highest BCUT2D eigenvalue weighted by Crippen LogP contribution is 2.17. The van der Waals surface area contributed by atoms with Crippen LogP contribution in [0.1, 0.15) is 36.6 Å². The molecule has 20 heavy (non-hydrogen) atoms. The van der Waals surface area contributed by atoms with Crippen molar-refractivity contribution in [2.45, 2.75) is 33.2 Å². The maximum atomic E-state index is 11.7. The molecule has 0 aliphatic rings. The summed E-state index contributed by atoms with van der Waals surface area (Å²) < 4.78 is 28.8. The van der Waals surface area contributed by atoms with Gasteiger partial charge in [0.25, 0.3) is 0 Å². The van der Waals surface area contributed by atoms with Gasteiger partial charge in [0.15, 0.2) is 5.69 Å². The standard InChI is InChI=1S/C12H21N3O4S/c1-4-9-14-10(12(16)19-5-2)11(13)15(9)7-6-8-20(3,17)18/h4-8,13H2,1-3H3. The normalized spacial score (nSPS) is 11.6. The Hall–Kier alpha value is -1.57. The molecule has 0 unspecified atom stereocenters. The first-order valence-electron chi connectivity index (χ1n) is 6.49. The van der Waals surface area contributed by atoms with Crippen LogP contribution in [0.4, 0.5) is 5.82 Å². The van der Waals surface area contributed by atoms with E-state index in [-0.39, 0.29) is 23.9 Å². The van der Waals surface area contributed by atoms with Crippen LogP contribution in [0.5, 0.6) is 0 Å². The summed E-state index contributed by atoms with van der Waals surface area (Å²) in [5.74, 6) is 0.400. The van der Waals surface area contributed by atoms with E-state index in [4.69, 9.17) is 10.5 Å². The van der Waals surface area contributed by atoms with Crippen LogP contribution in [-0.4, -0.2) is 42.6 Å². The number of ether oxygens (including phenoxy) is 1. The van der Waals surface area contributed by atoms with Gasteiger partial charge in [0.2, 0.25) is 0 Å². The van der Waals surface area contributed by atoms with Crippen molar-refractivity contribution in [1.82, 2.24) is 9.55 Å². The average molecular weight is 303 g/mol. The molecule has 0 atom stereocenters. The number of hydrogen-bond acceptors (Lipinski definition) is 6. The average Bonchev–Trinajstić information content (AvgIpc) is 2.65. The van der Waals surface area contributed by atoms with Gasteiger partial charge in [0, 0.05) is 19.2 Å². The molecule has 0 bridgehead atoms. The van der Waals surface area contributed by atoms with E-state index < -0.39 is 15.8 Å². The first kappa shape index (κ1) is 16.5. The lowest BCUT2D eigenvalue weighted by Crippen LogP contribution is -2.12. The molecular formula is C12H21N3O4S. The lowest BCUT2D eigenvalue weighted by atomic mass is 10.4. The molecule has 0 aliphatic carbocycles. The molecule has 0 saturated heterocycles. The van der Waals surface area contributed by atoms with Gasteiger partial charge >= 0.3 is 5.97 Å². The smallest absolute Gasteiger partial charge is 0.360 e. The molecule has 7 nitrogen and oxygen atoms in total. The lowest BCUT2D eigenvalue weighted by Gasteiger charge is -2.08. The van der Waals surface area contributed by atoms with E-state index in [0.717, 1.165) is 0 Å². The van der Waals surface area contributed by atoms with Crippen LogP contribution in [0, 0.1) is 0 Å². The highest BCUT2D eigenvalue weighted by atomic mass is 32.2. The van der Waals surface area contributed by atoms with Crippen LogP contribution >= 0.6 is 0 Å². The number of hydrogen-bond donors (Lipinski definition) is 1. The Balaban J connectivity index is 2.92. The number of aryl methyl sites for hydroxylation is 1. The molecule has 0 radical (unpaired) electrons. The number of anilines is 1. The number of esters is 1. The van der Waals surface area contributed by atoms with E-state index in [9.17, 15) is 13.2 Å². The summed E-state index contributed by atoms with van der Waals surface area (Å²) in [7, 11) is -3.01. The first-order valence-corrected chi connectivity index (χ1v) is 8.55. The van der Waals surface area contributed by atoms with Gasteiger partial charge in [-0.1, -0.05) is 6.92 Å². The summed E-state index contributed by atoms with van der Waals surface area (Å²) in [6, 6.07) is 0. The van der Waals surface area contributed by atoms with Gasteiger partial charge in [-0.15, -0.1) is 0 Å². The Morgan fingerprint density at radius 2 is 2.05 bits per heavy atom. The van der Waals surface area contributed by atoms with Gasteiger partial charge in [-0.2, -0.15) is 0 Å². The summed E-state index contributed by atoms with van der Waals surface area (Å²) in [4.78, 5) is 15.9. The molecule has 2 N–H and O–H groups in total. The number of carbonyl (C=O) groups excluding carboxylic acids is 1. The van der Waals surface area contributed by atoms with Gasteiger partial charge in [-0.25, -0.2) is 18.2 Å². The maximum absolute atomic E-state index is 11.7. The van der Waals surface area contributed by atoms with Crippen LogP contribution in [0.3, 0.4) is 0 Å². The number of sulfone groups is 1. The Labute approximate surface area is 119 Å². The number of rotatable bonds is 7. The second kappa shape index (κ2) is 6.74. The monoisotopic (exact) mass is 303 g/mol. The van der Waals surface area contributed by atoms with Gasteiger partial charge in [-0.05, 0) is 13.3 Å². The number of nitrogens with zero attached hydrogens (tertiary/aromatic N) is 2. The Bertz CT molecular complexity index is 578. The van der Waals surface area contributed by atoms with Crippen molar-refractivity contribution in [2.75, 3.05) is 24.3 Å². The van der Waals surface area contributed by atoms with Crippen molar-refractivity contribution < 1.29 is 17.9 Å². The zero-order valence-electron chi connectivity index (χ0n) is 12.0. The summed E-state index contributed by atoms with van der Waals surface area (Å²) in [5, 5.41) is 0. The van der Waals surface area contributed by atoms with Gasteiger partial charge in [-0.3, -0.25) is 0 Å². The molecule has 1 aromatic heterocycles. The van der Waals surface area contributed by atoms with E-state index in [0.29, 0.717) is 25.2 Å². The largest absolute Gasteiger partial charge is 0.461 e. The minimum atomic E-state index is -3.01. The highest BCUT2D eigenvalue weighted by Gasteiger charge is 2.20. The molecule has 114 valence electrons. The zero-order valence-corrected chi connectivity index (χ0v) is 12.9. The Kier molecular flexibility index (Phi) is 5.55. The van der Waals surface area contributed by atoms with Crippen molar-refractivity contribution >= 4 is 21.6 Å². The third kappa shape index (κ3) is 4.22. The number of carbonyl (C=O) groups is 1. The molecule has 0 aliphatic heterocycles. The van der Waals surface area contributed by atoms with E-state index in [1.165, 1.54) is 6.26 Å².